The highest BCUT2D eigenvalue weighted by atomic mass is 15.0. The Balaban J connectivity index is 2.04. The number of imidazole rings is 1. The number of nitrogens with zero attached hydrogens (tertiary/aromatic N) is 3. The highest BCUT2D eigenvalue weighted by Gasteiger charge is 2.02. The highest BCUT2D eigenvalue weighted by Crippen LogP contribution is 2.20. The zero-order chi connectivity index (χ0) is 12.4. The summed E-state index contributed by atoms with van der Waals surface area (Å²) >= 11 is 0. The largest absolute Gasteiger partial charge is 0.330 e. The molecule has 0 spiro atoms. The first-order valence-electron chi connectivity index (χ1n) is 5.95. The summed E-state index contributed by atoms with van der Waals surface area (Å²) in [6.07, 6.45) is 8.45. The number of hydrogen-bond donors (Lipinski definition) is 1. The number of nitrogens with two attached hydrogens (primary N) is 1. The van der Waals surface area contributed by atoms with E-state index in [4.69, 9.17) is 5.73 Å². The second-order valence-electron chi connectivity index (χ2n) is 4.19. The Morgan fingerprint density at radius 3 is 2.89 bits per heavy atom. The first-order valence-corrected chi connectivity index (χ1v) is 5.95. The predicted molar refractivity (Wildman–Crippen MR) is 71.2 cm³/mol. The summed E-state index contributed by atoms with van der Waals surface area (Å²) in [6.45, 7) is 0.622. The number of aromatic nitrogens is 3. The molecule has 3 aromatic rings. The molecule has 4 heteroatoms. The van der Waals surface area contributed by atoms with Gasteiger partial charge in [0.15, 0.2) is 0 Å². The monoisotopic (exact) mass is 238 g/mol. The van der Waals surface area contributed by atoms with Gasteiger partial charge in [-0.15, -0.1) is 0 Å². The molecular formula is C14H14N4. The van der Waals surface area contributed by atoms with E-state index in [0.29, 0.717) is 6.54 Å². The van der Waals surface area contributed by atoms with Crippen molar-refractivity contribution in [1.29, 1.82) is 0 Å². The number of hydrogen-bond acceptors (Lipinski definition) is 3. The van der Waals surface area contributed by atoms with Crippen molar-refractivity contribution in [2.75, 3.05) is 6.54 Å². The van der Waals surface area contributed by atoms with Gasteiger partial charge in [-0.1, -0.05) is 0 Å². The molecule has 0 bridgehead atoms. The van der Waals surface area contributed by atoms with Crippen molar-refractivity contribution in [2.45, 2.75) is 6.42 Å². The Morgan fingerprint density at radius 2 is 2.00 bits per heavy atom. The Labute approximate surface area is 105 Å². The van der Waals surface area contributed by atoms with Gasteiger partial charge in [0.25, 0.3) is 0 Å². The normalized spacial score (nSPS) is 10.9. The average molecular weight is 238 g/mol. The van der Waals surface area contributed by atoms with Crippen molar-refractivity contribution < 1.29 is 0 Å². The van der Waals surface area contributed by atoms with Crippen LogP contribution >= 0.6 is 0 Å². The maximum Gasteiger partial charge on any atom is 0.136 e. The molecular weight excluding hydrogens is 224 g/mol. The second-order valence-corrected chi connectivity index (χ2v) is 4.19. The maximum atomic E-state index is 5.56. The fourth-order valence-corrected chi connectivity index (χ4v) is 2.03. The molecule has 0 aliphatic heterocycles. The van der Waals surface area contributed by atoms with Crippen LogP contribution in [0.5, 0.6) is 0 Å². The molecule has 90 valence electrons. The van der Waals surface area contributed by atoms with Crippen LogP contribution in [0.3, 0.4) is 0 Å². The Morgan fingerprint density at radius 1 is 1.06 bits per heavy atom. The molecule has 0 saturated heterocycles. The molecule has 0 radical (unpaired) electrons. The lowest BCUT2D eigenvalue weighted by atomic mass is 10.1. The Bertz CT molecular complexity index is 672. The summed E-state index contributed by atoms with van der Waals surface area (Å²) in [5.74, 6) is 0. The minimum atomic E-state index is 0.622. The molecule has 3 rings (SSSR count). The summed E-state index contributed by atoms with van der Waals surface area (Å²) in [7, 11) is 0. The lowest BCUT2D eigenvalue weighted by Crippen LogP contribution is -2.04. The van der Waals surface area contributed by atoms with Gasteiger partial charge in [0, 0.05) is 36.9 Å². The van der Waals surface area contributed by atoms with Crippen LogP contribution in [0.4, 0.5) is 0 Å². The van der Waals surface area contributed by atoms with Gasteiger partial charge >= 0.3 is 0 Å². The summed E-state index contributed by atoms with van der Waals surface area (Å²) in [6, 6.07) is 8.19. The topological polar surface area (TPSA) is 56.2 Å². The Kier molecular flexibility index (Phi) is 2.78. The maximum absolute atomic E-state index is 5.56. The average Bonchev–Trinajstić information content (AvgIpc) is 2.86. The van der Waals surface area contributed by atoms with Gasteiger partial charge in [-0.3, -0.25) is 4.98 Å². The molecule has 0 amide bonds. The van der Waals surface area contributed by atoms with Crippen molar-refractivity contribution >= 4 is 5.65 Å². The summed E-state index contributed by atoms with van der Waals surface area (Å²) < 4.78 is 2.01. The lowest BCUT2D eigenvalue weighted by molar-refractivity contribution is 0.924. The van der Waals surface area contributed by atoms with E-state index < -0.39 is 0 Å². The first kappa shape index (κ1) is 10.9. The molecule has 0 fully saturated rings. The third kappa shape index (κ3) is 1.98. The van der Waals surface area contributed by atoms with Crippen LogP contribution < -0.4 is 5.73 Å². The molecule has 4 nitrogen and oxygen atoms in total. The summed E-state index contributed by atoms with van der Waals surface area (Å²) in [4.78, 5) is 8.54. The van der Waals surface area contributed by atoms with Gasteiger partial charge in [0.1, 0.15) is 5.65 Å². The van der Waals surface area contributed by atoms with E-state index in [-0.39, 0.29) is 0 Å². The minimum Gasteiger partial charge on any atom is -0.330 e. The molecule has 0 atom stereocenters. The fourth-order valence-electron chi connectivity index (χ4n) is 2.03. The molecule has 18 heavy (non-hydrogen) atoms. The molecule has 0 saturated carbocycles. The van der Waals surface area contributed by atoms with Crippen LogP contribution in [0.25, 0.3) is 16.8 Å². The standard InChI is InChI=1S/C14H14N4/c15-5-3-13-9-11(4-6-16-13)12-1-2-14-17-7-8-18(14)10-12/h1-2,4,6-10H,3,5,15H2. The first-order chi connectivity index (χ1) is 8.86. The van der Waals surface area contributed by atoms with Gasteiger partial charge in [-0.25, -0.2) is 4.98 Å². The van der Waals surface area contributed by atoms with Gasteiger partial charge in [-0.2, -0.15) is 0 Å². The number of rotatable bonds is 3. The van der Waals surface area contributed by atoms with E-state index >= 15 is 0 Å². The zero-order valence-corrected chi connectivity index (χ0v) is 9.95. The number of pyridine rings is 2. The van der Waals surface area contributed by atoms with Gasteiger partial charge in [0.05, 0.1) is 0 Å². The molecule has 3 aromatic heterocycles. The van der Waals surface area contributed by atoms with E-state index in [2.05, 4.69) is 28.3 Å². The third-order valence-electron chi connectivity index (χ3n) is 2.94. The minimum absolute atomic E-state index is 0.622. The predicted octanol–water partition coefficient (Wildman–Crippen LogP) is 1.90. The Hall–Kier alpha value is -2.20. The fraction of sp³-hybridized carbons (Fsp3) is 0.143. The van der Waals surface area contributed by atoms with E-state index in [1.54, 1.807) is 6.20 Å². The third-order valence-corrected chi connectivity index (χ3v) is 2.94. The molecule has 0 unspecified atom stereocenters. The van der Waals surface area contributed by atoms with Gasteiger partial charge in [-0.05, 0) is 41.9 Å². The van der Waals surface area contributed by atoms with Crippen LogP contribution in [0.15, 0.2) is 49.1 Å². The van der Waals surface area contributed by atoms with Gasteiger partial charge < -0.3 is 10.1 Å². The molecule has 2 N–H and O–H groups in total. The van der Waals surface area contributed by atoms with E-state index in [0.717, 1.165) is 28.9 Å². The quantitative estimate of drug-likeness (QED) is 0.758. The molecule has 0 aliphatic rings. The summed E-state index contributed by atoms with van der Waals surface area (Å²) in [5.41, 5.74) is 9.85. The second kappa shape index (κ2) is 4.58. The van der Waals surface area contributed by atoms with E-state index in [1.165, 1.54) is 0 Å². The van der Waals surface area contributed by atoms with Crippen LogP contribution in [0.2, 0.25) is 0 Å². The van der Waals surface area contributed by atoms with Crippen molar-refractivity contribution in [3.63, 3.8) is 0 Å². The van der Waals surface area contributed by atoms with Crippen LogP contribution in [-0.2, 0) is 6.42 Å². The van der Waals surface area contributed by atoms with Crippen molar-refractivity contribution in [2.24, 2.45) is 5.73 Å². The van der Waals surface area contributed by atoms with Crippen molar-refractivity contribution in [3.05, 3.63) is 54.7 Å². The van der Waals surface area contributed by atoms with Gasteiger partial charge in [0.2, 0.25) is 0 Å². The molecule has 0 aromatic carbocycles. The van der Waals surface area contributed by atoms with Crippen molar-refractivity contribution in [3.8, 4) is 11.1 Å². The SMILES string of the molecule is NCCc1cc(-c2ccc3nccn3c2)ccn1. The number of fused-ring (bicyclic) bond motifs is 1. The molecule has 3 heterocycles. The van der Waals surface area contributed by atoms with Crippen LogP contribution in [-0.4, -0.2) is 20.9 Å². The lowest BCUT2D eigenvalue weighted by Gasteiger charge is -2.05. The smallest absolute Gasteiger partial charge is 0.136 e. The zero-order valence-electron chi connectivity index (χ0n) is 9.95. The highest BCUT2D eigenvalue weighted by molar-refractivity contribution is 5.64. The van der Waals surface area contributed by atoms with E-state index in [9.17, 15) is 0 Å². The van der Waals surface area contributed by atoms with Crippen molar-refractivity contribution in [1.82, 2.24) is 14.4 Å². The van der Waals surface area contributed by atoms with E-state index in [1.807, 2.05) is 28.9 Å². The molecule has 0 aliphatic carbocycles. The van der Waals surface area contributed by atoms with Crippen LogP contribution in [0.1, 0.15) is 5.69 Å². The van der Waals surface area contributed by atoms with Crippen LogP contribution in [0, 0.1) is 0 Å². The summed E-state index contributed by atoms with van der Waals surface area (Å²) in [5, 5.41) is 0.